The molecular formula is C17H14ClN3O2S2. The van der Waals surface area contributed by atoms with Gasteiger partial charge in [0.15, 0.2) is 5.16 Å². The number of anilines is 1. The van der Waals surface area contributed by atoms with E-state index in [0.29, 0.717) is 5.69 Å². The molecule has 8 heteroatoms. The predicted octanol–water partition coefficient (Wildman–Crippen LogP) is 4.11. The molecule has 128 valence electrons. The highest BCUT2D eigenvalue weighted by molar-refractivity contribution is 7.99. The molecule has 1 N–H and O–H groups in total. The van der Waals surface area contributed by atoms with Gasteiger partial charge in [-0.2, -0.15) is 0 Å². The normalized spacial score (nSPS) is 13.6. The SMILES string of the molecule is O=S(=O)(Nc1cccc(-c2cn3c(n2)SCC3)c1)c1ccccc1Cl. The van der Waals surface area contributed by atoms with E-state index in [1.165, 1.54) is 6.07 Å². The van der Waals surface area contributed by atoms with E-state index >= 15 is 0 Å². The van der Waals surface area contributed by atoms with Crippen LogP contribution >= 0.6 is 23.4 Å². The monoisotopic (exact) mass is 391 g/mol. The minimum atomic E-state index is -3.75. The Kier molecular flexibility index (Phi) is 4.23. The molecule has 0 atom stereocenters. The van der Waals surface area contributed by atoms with Crippen molar-refractivity contribution in [2.75, 3.05) is 10.5 Å². The Labute approximate surface area is 155 Å². The Morgan fingerprint density at radius 2 is 2.00 bits per heavy atom. The van der Waals surface area contributed by atoms with E-state index in [1.54, 1.807) is 48.2 Å². The number of aromatic nitrogens is 2. The Morgan fingerprint density at radius 3 is 2.80 bits per heavy atom. The van der Waals surface area contributed by atoms with E-state index < -0.39 is 10.0 Å². The van der Waals surface area contributed by atoms with Crippen molar-refractivity contribution >= 4 is 39.1 Å². The van der Waals surface area contributed by atoms with Crippen molar-refractivity contribution in [3.8, 4) is 11.3 Å². The molecule has 2 aromatic carbocycles. The average molecular weight is 392 g/mol. The van der Waals surface area contributed by atoms with Crippen LogP contribution in [0, 0.1) is 0 Å². The van der Waals surface area contributed by atoms with Crippen LogP contribution in [0.3, 0.4) is 0 Å². The highest BCUT2D eigenvalue weighted by Crippen LogP contribution is 2.30. The number of nitrogens with zero attached hydrogens (tertiary/aromatic N) is 2. The van der Waals surface area contributed by atoms with Gasteiger partial charge in [0.05, 0.1) is 10.7 Å². The van der Waals surface area contributed by atoms with Crippen LogP contribution in [0.2, 0.25) is 5.02 Å². The predicted molar refractivity (Wildman–Crippen MR) is 101 cm³/mol. The molecule has 2 heterocycles. The van der Waals surface area contributed by atoms with Crippen LogP contribution in [-0.4, -0.2) is 23.7 Å². The lowest BCUT2D eigenvalue weighted by Crippen LogP contribution is -2.13. The van der Waals surface area contributed by atoms with E-state index in [9.17, 15) is 8.42 Å². The summed E-state index contributed by atoms with van der Waals surface area (Å²) in [5.41, 5.74) is 2.17. The summed E-state index contributed by atoms with van der Waals surface area (Å²) in [5, 5.41) is 1.19. The van der Waals surface area contributed by atoms with Crippen molar-refractivity contribution in [3.05, 3.63) is 59.8 Å². The van der Waals surface area contributed by atoms with Crippen LogP contribution in [0.4, 0.5) is 5.69 Å². The molecule has 0 saturated heterocycles. The van der Waals surface area contributed by atoms with Gasteiger partial charge in [0.2, 0.25) is 0 Å². The number of thioether (sulfide) groups is 1. The van der Waals surface area contributed by atoms with E-state index in [2.05, 4.69) is 14.3 Å². The zero-order valence-electron chi connectivity index (χ0n) is 13.0. The number of sulfonamides is 1. The van der Waals surface area contributed by atoms with E-state index in [0.717, 1.165) is 28.7 Å². The number of halogens is 1. The van der Waals surface area contributed by atoms with Crippen LogP contribution in [0.1, 0.15) is 0 Å². The molecule has 0 aliphatic carbocycles. The highest BCUT2D eigenvalue weighted by Gasteiger charge is 2.19. The van der Waals surface area contributed by atoms with Gasteiger partial charge in [-0.1, -0.05) is 47.6 Å². The quantitative estimate of drug-likeness (QED) is 0.726. The number of rotatable bonds is 4. The number of fused-ring (bicyclic) bond motifs is 1. The molecule has 0 saturated carbocycles. The number of imidazole rings is 1. The molecule has 0 spiro atoms. The summed E-state index contributed by atoms with van der Waals surface area (Å²) in [7, 11) is -3.75. The van der Waals surface area contributed by atoms with Gasteiger partial charge < -0.3 is 4.57 Å². The molecule has 0 radical (unpaired) electrons. The Balaban J connectivity index is 1.64. The molecule has 1 aromatic heterocycles. The minimum Gasteiger partial charge on any atom is -0.325 e. The molecule has 0 fully saturated rings. The minimum absolute atomic E-state index is 0.0550. The summed E-state index contributed by atoms with van der Waals surface area (Å²) in [6, 6.07) is 13.6. The van der Waals surface area contributed by atoms with Crippen LogP contribution in [0.5, 0.6) is 0 Å². The Bertz CT molecular complexity index is 1030. The van der Waals surface area contributed by atoms with Gasteiger partial charge in [-0.05, 0) is 24.3 Å². The lowest BCUT2D eigenvalue weighted by molar-refractivity contribution is 0.601. The van der Waals surface area contributed by atoms with Crippen molar-refractivity contribution in [1.29, 1.82) is 0 Å². The topological polar surface area (TPSA) is 64.0 Å². The molecule has 1 aliphatic rings. The summed E-state index contributed by atoms with van der Waals surface area (Å²) in [6.45, 7) is 0.950. The van der Waals surface area contributed by atoms with E-state index in [1.807, 2.05) is 12.3 Å². The highest BCUT2D eigenvalue weighted by atomic mass is 35.5. The first-order valence-electron chi connectivity index (χ1n) is 7.61. The number of hydrogen-bond donors (Lipinski definition) is 1. The van der Waals surface area contributed by atoms with Gasteiger partial charge in [0.25, 0.3) is 10.0 Å². The summed E-state index contributed by atoms with van der Waals surface area (Å²) in [5.74, 6) is 1.04. The molecule has 25 heavy (non-hydrogen) atoms. The van der Waals surface area contributed by atoms with Crippen LogP contribution < -0.4 is 4.72 Å². The number of aryl methyl sites for hydroxylation is 1. The number of nitrogens with one attached hydrogen (secondary N) is 1. The summed E-state index contributed by atoms with van der Waals surface area (Å²) in [4.78, 5) is 4.65. The zero-order valence-corrected chi connectivity index (χ0v) is 15.4. The standard InChI is InChI=1S/C17H14ClN3O2S2/c18-14-6-1-2-7-16(14)25(22,23)20-13-5-3-4-12(10-13)15-11-21-8-9-24-17(21)19-15/h1-7,10-11,20H,8-9H2. The second-order valence-electron chi connectivity index (χ2n) is 5.57. The first-order chi connectivity index (χ1) is 12.0. The third-order valence-electron chi connectivity index (χ3n) is 3.84. The largest absolute Gasteiger partial charge is 0.325 e. The molecule has 1 aliphatic heterocycles. The Morgan fingerprint density at radius 1 is 1.16 bits per heavy atom. The van der Waals surface area contributed by atoms with Crippen molar-refractivity contribution in [2.45, 2.75) is 16.6 Å². The fourth-order valence-electron chi connectivity index (χ4n) is 2.66. The molecule has 0 unspecified atom stereocenters. The summed E-state index contributed by atoms with van der Waals surface area (Å²) in [6.07, 6.45) is 2.00. The summed E-state index contributed by atoms with van der Waals surface area (Å²) < 4.78 is 29.8. The molecule has 5 nitrogen and oxygen atoms in total. The maximum Gasteiger partial charge on any atom is 0.263 e. The van der Waals surface area contributed by atoms with Crippen molar-refractivity contribution in [3.63, 3.8) is 0 Å². The maximum absolute atomic E-state index is 12.6. The van der Waals surface area contributed by atoms with Gasteiger partial charge in [0, 0.05) is 29.7 Å². The van der Waals surface area contributed by atoms with Gasteiger partial charge in [-0.15, -0.1) is 0 Å². The molecule has 4 rings (SSSR count). The first kappa shape index (κ1) is 16.5. The van der Waals surface area contributed by atoms with Gasteiger partial charge in [0.1, 0.15) is 4.90 Å². The molecule has 0 amide bonds. The van der Waals surface area contributed by atoms with Crippen molar-refractivity contribution in [2.24, 2.45) is 0 Å². The van der Waals surface area contributed by atoms with Crippen LogP contribution in [-0.2, 0) is 16.6 Å². The first-order valence-corrected chi connectivity index (χ1v) is 10.5. The average Bonchev–Trinajstić information content (AvgIpc) is 3.16. The van der Waals surface area contributed by atoms with Crippen LogP contribution in [0.15, 0.2) is 64.8 Å². The third-order valence-corrected chi connectivity index (χ3v) is 6.69. The lowest BCUT2D eigenvalue weighted by atomic mass is 10.1. The molecule has 3 aromatic rings. The lowest BCUT2D eigenvalue weighted by Gasteiger charge is -2.10. The van der Waals surface area contributed by atoms with Crippen molar-refractivity contribution in [1.82, 2.24) is 9.55 Å². The fourth-order valence-corrected chi connectivity index (χ4v) is 5.18. The Hall–Kier alpha value is -1.96. The van der Waals surface area contributed by atoms with Gasteiger partial charge >= 0.3 is 0 Å². The van der Waals surface area contributed by atoms with E-state index in [-0.39, 0.29) is 9.92 Å². The van der Waals surface area contributed by atoms with Crippen molar-refractivity contribution < 1.29 is 8.42 Å². The second kappa shape index (κ2) is 6.40. The fraction of sp³-hybridized carbons (Fsp3) is 0.118. The second-order valence-corrected chi connectivity index (χ2v) is 8.69. The maximum atomic E-state index is 12.6. The zero-order chi connectivity index (χ0) is 17.4. The molecular weight excluding hydrogens is 378 g/mol. The van der Waals surface area contributed by atoms with Crippen LogP contribution in [0.25, 0.3) is 11.3 Å². The smallest absolute Gasteiger partial charge is 0.263 e. The van der Waals surface area contributed by atoms with Gasteiger partial charge in [-0.3, -0.25) is 4.72 Å². The van der Waals surface area contributed by atoms with Gasteiger partial charge in [-0.25, -0.2) is 13.4 Å². The summed E-state index contributed by atoms with van der Waals surface area (Å²) >= 11 is 7.73. The third kappa shape index (κ3) is 3.27. The number of hydrogen-bond acceptors (Lipinski definition) is 4. The molecule has 0 bridgehead atoms. The van der Waals surface area contributed by atoms with E-state index in [4.69, 9.17) is 11.6 Å². The number of benzene rings is 2.